The Morgan fingerprint density at radius 2 is 1.54 bits per heavy atom. The highest BCUT2D eigenvalue weighted by atomic mass is 16.6. The number of nitrogens with one attached hydrogen (secondary N) is 4. The maximum Gasteiger partial charge on any atom is 0.426 e. The number of rotatable bonds is 10. The SMILES string of the molecule is COC(=O)[C@H](Cc1c[nH]cn1)NC(=O)[C@H](Cc1ccccc1)NC(=O)N(Cc1ccccc1)NC(=O)OC(C)(C)C. The lowest BCUT2D eigenvalue weighted by atomic mass is 10.0. The fourth-order valence-corrected chi connectivity index (χ4v) is 3.84. The minimum Gasteiger partial charge on any atom is -0.467 e. The van der Waals surface area contributed by atoms with Crippen LogP contribution in [0.2, 0.25) is 0 Å². The quantitative estimate of drug-likeness (QED) is 0.218. The number of amides is 4. The van der Waals surface area contributed by atoms with Gasteiger partial charge in [-0.25, -0.2) is 29.8 Å². The molecule has 0 saturated heterocycles. The number of imidazole rings is 1. The zero-order valence-corrected chi connectivity index (χ0v) is 23.5. The Kier molecular flexibility index (Phi) is 10.8. The summed E-state index contributed by atoms with van der Waals surface area (Å²) in [6, 6.07) is 15.2. The Labute approximate surface area is 238 Å². The zero-order valence-electron chi connectivity index (χ0n) is 23.5. The summed E-state index contributed by atoms with van der Waals surface area (Å²) in [5, 5.41) is 6.42. The van der Waals surface area contributed by atoms with Crippen LogP contribution in [-0.4, -0.2) is 63.8 Å². The van der Waals surface area contributed by atoms with Crippen LogP contribution >= 0.6 is 0 Å². The Morgan fingerprint density at radius 3 is 2.10 bits per heavy atom. The van der Waals surface area contributed by atoms with Crippen LogP contribution in [0, 0.1) is 0 Å². The second-order valence-corrected chi connectivity index (χ2v) is 10.2. The molecule has 4 N–H and O–H groups in total. The number of carbonyl (C=O) groups is 4. The summed E-state index contributed by atoms with van der Waals surface area (Å²) in [5.41, 5.74) is 3.71. The van der Waals surface area contributed by atoms with Crippen LogP contribution < -0.4 is 16.1 Å². The first-order chi connectivity index (χ1) is 19.5. The molecule has 0 aliphatic rings. The van der Waals surface area contributed by atoms with Crippen molar-refractivity contribution in [1.82, 2.24) is 31.0 Å². The third-order valence-electron chi connectivity index (χ3n) is 5.72. The van der Waals surface area contributed by atoms with E-state index in [9.17, 15) is 19.2 Å². The third kappa shape index (κ3) is 10.3. The molecule has 3 rings (SSSR count). The van der Waals surface area contributed by atoms with Gasteiger partial charge in [0, 0.05) is 19.0 Å². The van der Waals surface area contributed by atoms with Crippen LogP contribution in [0.1, 0.15) is 37.6 Å². The van der Waals surface area contributed by atoms with E-state index in [1.54, 1.807) is 51.2 Å². The highest BCUT2D eigenvalue weighted by Crippen LogP contribution is 2.10. The van der Waals surface area contributed by atoms with Crippen molar-refractivity contribution in [3.8, 4) is 0 Å². The second kappa shape index (κ2) is 14.5. The summed E-state index contributed by atoms with van der Waals surface area (Å²) in [5.74, 6) is -1.28. The normalized spacial score (nSPS) is 12.4. The number of carbonyl (C=O) groups excluding carboxylic acids is 4. The minimum absolute atomic E-state index is 0.00443. The molecule has 1 heterocycles. The summed E-state index contributed by atoms with van der Waals surface area (Å²) in [4.78, 5) is 59.1. The lowest BCUT2D eigenvalue weighted by Gasteiger charge is -2.28. The number of nitrogens with zero attached hydrogens (tertiary/aromatic N) is 2. The van der Waals surface area contributed by atoms with Gasteiger partial charge in [0.2, 0.25) is 5.91 Å². The predicted molar refractivity (Wildman–Crippen MR) is 150 cm³/mol. The molecule has 12 nitrogen and oxygen atoms in total. The summed E-state index contributed by atoms with van der Waals surface area (Å²) >= 11 is 0. The van der Waals surface area contributed by atoms with Crippen LogP contribution in [0.25, 0.3) is 0 Å². The van der Waals surface area contributed by atoms with Gasteiger partial charge in [0.25, 0.3) is 0 Å². The molecular formula is C29H36N6O6. The van der Waals surface area contributed by atoms with Gasteiger partial charge >= 0.3 is 18.1 Å². The van der Waals surface area contributed by atoms with E-state index in [1.165, 1.54) is 13.4 Å². The number of hydrazine groups is 1. The maximum absolute atomic E-state index is 13.5. The zero-order chi connectivity index (χ0) is 29.8. The Morgan fingerprint density at radius 1 is 0.902 bits per heavy atom. The van der Waals surface area contributed by atoms with E-state index in [0.717, 1.165) is 16.1 Å². The van der Waals surface area contributed by atoms with Crippen LogP contribution in [0.15, 0.2) is 73.2 Å². The lowest BCUT2D eigenvalue weighted by Crippen LogP contribution is -2.58. The van der Waals surface area contributed by atoms with E-state index in [4.69, 9.17) is 9.47 Å². The molecular weight excluding hydrogens is 528 g/mol. The number of urea groups is 1. The molecule has 3 aromatic rings. The van der Waals surface area contributed by atoms with Crippen molar-refractivity contribution in [3.63, 3.8) is 0 Å². The van der Waals surface area contributed by atoms with E-state index in [1.807, 2.05) is 36.4 Å². The van der Waals surface area contributed by atoms with E-state index in [2.05, 4.69) is 26.0 Å². The second-order valence-electron chi connectivity index (χ2n) is 10.2. The fourth-order valence-electron chi connectivity index (χ4n) is 3.84. The molecule has 12 heteroatoms. The van der Waals surface area contributed by atoms with Crippen LogP contribution in [0.3, 0.4) is 0 Å². The molecule has 0 radical (unpaired) electrons. The van der Waals surface area contributed by atoms with Gasteiger partial charge < -0.3 is 25.1 Å². The van der Waals surface area contributed by atoms with E-state index >= 15 is 0 Å². The monoisotopic (exact) mass is 564 g/mol. The van der Waals surface area contributed by atoms with Crippen molar-refractivity contribution in [2.45, 2.75) is 57.8 Å². The molecule has 0 bridgehead atoms. The number of esters is 1. The molecule has 4 amide bonds. The fraction of sp³-hybridized carbons (Fsp3) is 0.345. The van der Waals surface area contributed by atoms with Gasteiger partial charge in [-0.2, -0.15) is 0 Å². The minimum atomic E-state index is -1.12. The number of hydrogen-bond donors (Lipinski definition) is 4. The molecule has 1 aromatic heterocycles. The summed E-state index contributed by atoms with van der Waals surface area (Å²) in [6.07, 6.45) is 2.42. The summed E-state index contributed by atoms with van der Waals surface area (Å²) < 4.78 is 10.2. The van der Waals surface area contributed by atoms with Crippen molar-refractivity contribution in [2.75, 3.05) is 7.11 Å². The standard InChI is InChI=1S/C29H36N6O6/c1-29(2,3)41-28(39)34-35(18-21-13-9-6-10-14-21)27(38)33-23(15-20-11-7-5-8-12-20)25(36)32-24(26(37)40-4)16-22-17-30-19-31-22/h5-14,17,19,23-24H,15-16,18H2,1-4H3,(H,30,31)(H,32,36)(H,33,38)(H,34,39)/t23-,24-/m0/s1. The van der Waals surface area contributed by atoms with Crippen LogP contribution in [0.4, 0.5) is 9.59 Å². The number of hydrogen-bond acceptors (Lipinski definition) is 7. The van der Waals surface area contributed by atoms with Crippen molar-refractivity contribution >= 4 is 24.0 Å². The molecule has 2 aromatic carbocycles. The number of aromatic amines is 1. The van der Waals surface area contributed by atoms with Crippen molar-refractivity contribution < 1.29 is 28.7 Å². The van der Waals surface area contributed by atoms with Crippen LogP contribution in [0.5, 0.6) is 0 Å². The van der Waals surface area contributed by atoms with Crippen LogP contribution in [-0.2, 0) is 38.4 Å². The average Bonchev–Trinajstić information content (AvgIpc) is 3.44. The molecule has 0 fully saturated rings. The van der Waals surface area contributed by atoms with Gasteiger partial charge in [0.05, 0.1) is 25.7 Å². The molecule has 2 atom stereocenters. The van der Waals surface area contributed by atoms with E-state index in [-0.39, 0.29) is 19.4 Å². The molecule has 0 aliphatic heterocycles. The summed E-state index contributed by atoms with van der Waals surface area (Å²) in [6.45, 7) is 5.11. The average molecular weight is 565 g/mol. The largest absolute Gasteiger partial charge is 0.467 e. The molecule has 41 heavy (non-hydrogen) atoms. The Hall–Kier alpha value is -4.87. The Bertz CT molecular complexity index is 1280. The smallest absolute Gasteiger partial charge is 0.426 e. The lowest BCUT2D eigenvalue weighted by molar-refractivity contribution is -0.145. The number of benzene rings is 2. The highest BCUT2D eigenvalue weighted by molar-refractivity contribution is 5.91. The molecule has 0 saturated carbocycles. The highest BCUT2D eigenvalue weighted by Gasteiger charge is 2.30. The topological polar surface area (TPSA) is 155 Å². The predicted octanol–water partition coefficient (Wildman–Crippen LogP) is 2.87. The number of aromatic nitrogens is 2. The van der Waals surface area contributed by atoms with Gasteiger partial charge in [-0.1, -0.05) is 60.7 Å². The molecule has 218 valence electrons. The summed E-state index contributed by atoms with van der Waals surface area (Å²) in [7, 11) is 1.22. The van der Waals surface area contributed by atoms with Crippen molar-refractivity contribution in [1.29, 1.82) is 0 Å². The maximum atomic E-state index is 13.5. The number of methoxy groups -OCH3 is 1. The van der Waals surface area contributed by atoms with Crippen molar-refractivity contribution in [3.05, 3.63) is 90.0 Å². The van der Waals surface area contributed by atoms with Gasteiger partial charge in [0.1, 0.15) is 17.7 Å². The molecule has 0 aliphatic carbocycles. The number of H-pyrrole nitrogens is 1. The van der Waals surface area contributed by atoms with E-state index < -0.39 is 41.7 Å². The van der Waals surface area contributed by atoms with E-state index in [0.29, 0.717) is 5.69 Å². The molecule has 0 spiro atoms. The number of ether oxygens (including phenoxy) is 2. The van der Waals surface area contributed by atoms with Crippen molar-refractivity contribution in [2.24, 2.45) is 0 Å². The molecule has 0 unspecified atom stereocenters. The van der Waals surface area contributed by atoms with Gasteiger partial charge in [0.15, 0.2) is 0 Å². The van der Waals surface area contributed by atoms with Gasteiger partial charge in [-0.3, -0.25) is 4.79 Å². The first-order valence-corrected chi connectivity index (χ1v) is 13.1. The third-order valence-corrected chi connectivity index (χ3v) is 5.72. The first-order valence-electron chi connectivity index (χ1n) is 13.1. The first kappa shape index (κ1) is 30.7. The van der Waals surface area contributed by atoms with Gasteiger partial charge in [-0.05, 0) is 31.9 Å². The Balaban J connectivity index is 1.84. The van der Waals surface area contributed by atoms with Gasteiger partial charge in [-0.15, -0.1) is 0 Å².